The van der Waals surface area contributed by atoms with Gasteiger partial charge >= 0.3 is 5.97 Å². The number of amides is 1. The zero-order valence-corrected chi connectivity index (χ0v) is 23.8. The molecule has 0 saturated heterocycles. The van der Waals surface area contributed by atoms with Crippen molar-refractivity contribution in [2.75, 3.05) is 13.2 Å². The maximum atomic E-state index is 12.3. The van der Waals surface area contributed by atoms with Crippen LogP contribution in [0.4, 0.5) is 0 Å². The van der Waals surface area contributed by atoms with Crippen LogP contribution in [0.5, 0.6) is 5.75 Å². The van der Waals surface area contributed by atoms with Crippen molar-refractivity contribution >= 4 is 11.9 Å². The second-order valence-electron chi connectivity index (χ2n) is 11.2. The molecule has 0 fully saturated rings. The van der Waals surface area contributed by atoms with E-state index in [0.717, 1.165) is 29.7 Å². The molecule has 0 aliphatic heterocycles. The molecule has 3 aromatic carbocycles. The van der Waals surface area contributed by atoms with E-state index in [1.165, 1.54) is 30.4 Å². The molecule has 0 bridgehead atoms. The molecule has 0 saturated carbocycles. The molecular formula is C34H43NO4. The smallest absolute Gasteiger partial charge is 0.305 e. The van der Waals surface area contributed by atoms with Crippen LogP contribution in [0.2, 0.25) is 0 Å². The second kappa shape index (κ2) is 14.5. The summed E-state index contributed by atoms with van der Waals surface area (Å²) in [6.07, 6.45) is 5.66. The Bertz CT molecular complexity index is 1180. The molecule has 3 rings (SSSR count). The van der Waals surface area contributed by atoms with E-state index in [1.54, 1.807) is 0 Å². The van der Waals surface area contributed by atoms with Crippen LogP contribution in [0, 0.1) is 0 Å². The largest absolute Gasteiger partial charge is 0.493 e. The topological polar surface area (TPSA) is 75.6 Å². The first-order valence-electron chi connectivity index (χ1n) is 14.1. The predicted molar refractivity (Wildman–Crippen MR) is 159 cm³/mol. The first-order chi connectivity index (χ1) is 18.7. The van der Waals surface area contributed by atoms with Gasteiger partial charge in [-0.25, -0.2) is 0 Å². The third-order valence-electron chi connectivity index (χ3n) is 7.06. The predicted octanol–water partition coefficient (Wildman–Crippen LogP) is 7.99. The Hall–Kier alpha value is -3.60. The Balaban J connectivity index is 1.63. The number of hydrogen-bond donors (Lipinski definition) is 2. The number of carbonyl (C=O) groups excluding carboxylic acids is 1. The van der Waals surface area contributed by atoms with E-state index < -0.39 is 5.97 Å². The van der Waals surface area contributed by atoms with Gasteiger partial charge in [-0.1, -0.05) is 102 Å². The number of aliphatic carboxylic acids is 1. The van der Waals surface area contributed by atoms with E-state index >= 15 is 0 Å². The van der Waals surface area contributed by atoms with E-state index in [9.17, 15) is 9.59 Å². The molecule has 2 N–H and O–H groups in total. The van der Waals surface area contributed by atoms with Gasteiger partial charge in [0.1, 0.15) is 5.75 Å². The van der Waals surface area contributed by atoms with Gasteiger partial charge in [-0.05, 0) is 58.4 Å². The Morgan fingerprint density at radius 1 is 0.846 bits per heavy atom. The lowest BCUT2D eigenvalue weighted by atomic mass is 9.86. The summed E-state index contributed by atoms with van der Waals surface area (Å²) >= 11 is 0. The summed E-state index contributed by atoms with van der Waals surface area (Å²) in [5, 5.41) is 11.4. The molecule has 5 nitrogen and oxygen atoms in total. The summed E-state index contributed by atoms with van der Waals surface area (Å²) in [4.78, 5) is 23.0. The zero-order chi connectivity index (χ0) is 28.3. The summed E-state index contributed by atoms with van der Waals surface area (Å²) < 4.78 is 6.25. The average molecular weight is 530 g/mol. The summed E-state index contributed by atoms with van der Waals surface area (Å²) in [5.74, 6) is -0.124. The molecule has 39 heavy (non-hydrogen) atoms. The van der Waals surface area contributed by atoms with Crippen molar-refractivity contribution in [1.29, 1.82) is 0 Å². The van der Waals surface area contributed by atoms with Crippen molar-refractivity contribution in [2.24, 2.45) is 0 Å². The van der Waals surface area contributed by atoms with E-state index in [4.69, 9.17) is 9.84 Å². The number of carboxylic acids is 1. The first-order valence-corrected chi connectivity index (χ1v) is 14.1. The molecule has 5 heteroatoms. The van der Waals surface area contributed by atoms with Gasteiger partial charge in [0, 0.05) is 18.0 Å². The van der Waals surface area contributed by atoms with Crippen LogP contribution in [-0.2, 0) is 10.2 Å². The highest BCUT2D eigenvalue weighted by atomic mass is 16.5. The number of unbranched alkanes of at least 4 members (excludes halogenated alkanes) is 3. The number of ether oxygens (including phenoxy) is 1. The molecule has 208 valence electrons. The van der Waals surface area contributed by atoms with E-state index in [0.29, 0.717) is 12.2 Å². The lowest BCUT2D eigenvalue weighted by Gasteiger charge is -2.19. The Morgan fingerprint density at radius 3 is 2.03 bits per heavy atom. The average Bonchev–Trinajstić information content (AvgIpc) is 2.92. The quantitative estimate of drug-likeness (QED) is 0.208. The maximum Gasteiger partial charge on any atom is 0.305 e. The van der Waals surface area contributed by atoms with Gasteiger partial charge in [0.05, 0.1) is 13.0 Å². The molecule has 0 heterocycles. The number of nitrogens with one attached hydrogen (secondary N) is 1. The molecule has 0 aromatic heterocycles. The number of rotatable bonds is 14. The fourth-order valence-electron chi connectivity index (χ4n) is 4.56. The maximum absolute atomic E-state index is 12.3. The monoisotopic (exact) mass is 529 g/mol. The Morgan fingerprint density at radius 2 is 1.46 bits per heavy atom. The number of carboxylic acid groups (broad SMARTS) is 1. The van der Waals surface area contributed by atoms with Gasteiger partial charge in [-0.2, -0.15) is 0 Å². The van der Waals surface area contributed by atoms with Gasteiger partial charge in [0.25, 0.3) is 5.91 Å². The van der Waals surface area contributed by atoms with Gasteiger partial charge in [-0.3, -0.25) is 9.59 Å². The van der Waals surface area contributed by atoms with Crippen LogP contribution in [0.1, 0.15) is 93.6 Å². The highest BCUT2D eigenvalue weighted by Gasteiger charge is 2.15. The fraction of sp³-hybridized carbons (Fsp3) is 0.412. The van der Waals surface area contributed by atoms with Crippen LogP contribution in [-0.4, -0.2) is 30.1 Å². The van der Waals surface area contributed by atoms with Gasteiger partial charge in [0.2, 0.25) is 0 Å². The normalized spacial score (nSPS) is 12.1. The van der Waals surface area contributed by atoms with Gasteiger partial charge in [0.15, 0.2) is 0 Å². The van der Waals surface area contributed by atoms with Crippen molar-refractivity contribution in [2.45, 2.75) is 77.6 Å². The number of hydrogen-bond acceptors (Lipinski definition) is 3. The van der Waals surface area contributed by atoms with Crippen LogP contribution in [0.25, 0.3) is 11.1 Å². The minimum atomic E-state index is -0.930. The molecule has 1 atom stereocenters. The Kier molecular flexibility index (Phi) is 11.2. The summed E-state index contributed by atoms with van der Waals surface area (Å²) in [6.45, 7) is 9.56. The second-order valence-corrected chi connectivity index (χ2v) is 11.2. The first kappa shape index (κ1) is 29.9. The molecule has 0 spiro atoms. The third kappa shape index (κ3) is 9.58. The summed E-state index contributed by atoms with van der Waals surface area (Å²) in [7, 11) is 0. The molecule has 3 aromatic rings. The summed E-state index contributed by atoms with van der Waals surface area (Å²) in [5.41, 5.74) is 5.48. The number of benzene rings is 3. The highest BCUT2D eigenvalue weighted by molar-refractivity contribution is 5.94. The van der Waals surface area contributed by atoms with Gasteiger partial charge < -0.3 is 15.2 Å². The molecule has 1 unspecified atom stereocenters. The molecular weight excluding hydrogens is 486 g/mol. The minimum Gasteiger partial charge on any atom is -0.493 e. The van der Waals surface area contributed by atoms with Crippen LogP contribution >= 0.6 is 0 Å². The van der Waals surface area contributed by atoms with Crippen molar-refractivity contribution in [3.05, 3.63) is 89.5 Å². The van der Waals surface area contributed by atoms with Crippen LogP contribution < -0.4 is 10.1 Å². The zero-order valence-electron chi connectivity index (χ0n) is 23.8. The minimum absolute atomic E-state index is 0.0918. The van der Waals surface area contributed by atoms with E-state index in [-0.39, 0.29) is 30.2 Å². The third-order valence-corrected chi connectivity index (χ3v) is 7.06. The van der Waals surface area contributed by atoms with E-state index in [2.05, 4.69) is 69.4 Å². The van der Waals surface area contributed by atoms with Crippen molar-refractivity contribution in [3.63, 3.8) is 0 Å². The molecule has 1 amide bonds. The van der Waals surface area contributed by atoms with Crippen molar-refractivity contribution in [3.8, 4) is 16.9 Å². The molecule has 0 aliphatic carbocycles. The highest BCUT2D eigenvalue weighted by Crippen LogP contribution is 2.29. The van der Waals surface area contributed by atoms with E-state index in [1.807, 2.05) is 36.4 Å². The SMILES string of the molecule is CCCCCCC(COc1ccc(-c2ccc(C(C)(C)C)cc2)cc1)c1ccc(C(=O)NCCC(=O)O)cc1. The van der Waals surface area contributed by atoms with Crippen LogP contribution in [0.3, 0.4) is 0 Å². The molecule has 0 aliphatic rings. The lowest BCUT2D eigenvalue weighted by molar-refractivity contribution is -0.136. The van der Waals surface area contributed by atoms with Gasteiger partial charge in [-0.15, -0.1) is 0 Å². The van der Waals surface area contributed by atoms with Crippen molar-refractivity contribution in [1.82, 2.24) is 5.32 Å². The Labute approximate surface area is 233 Å². The fourth-order valence-corrected chi connectivity index (χ4v) is 4.56. The van der Waals surface area contributed by atoms with Crippen LogP contribution in [0.15, 0.2) is 72.8 Å². The standard InChI is InChI=1S/C34H43NO4/c1-5-6-7-8-9-29(27-10-12-28(13-11-27)33(38)35-23-22-32(36)37)24-39-31-20-16-26(17-21-31)25-14-18-30(19-15-25)34(2,3)4/h10-21,29H,5-9,22-24H2,1-4H3,(H,35,38)(H,36,37). The summed E-state index contributed by atoms with van der Waals surface area (Å²) in [6, 6.07) is 24.6. The number of carbonyl (C=O) groups is 2. The lowest BCUT2D eigenvalue weighted by Crippen LogP contribution is -2.26. The molecule has 0 radical (unpaired) electrons. The van der Waals surface area contributed by atoms with Crippen molar-refractivity contribution < 1.29 is 19.4 Å².